The van der Waals surface area contributed by atoms with E-state index in [9.17, 15) is 15.0 Å². The normalized spacial score (nSPS) is 35.2. The van der Waals surface area contributed by atoms with Crippen LogP contribution in [-0.4, -0.2) is 50.4 Å². The molecular formula is C11H14N3O3P. The molecule has 0 saturated carbocycles. The Morgan fingerprint density at radius 3 is 3.11 bits per heavy atom. The number of hydrogen-bond acceptors (Lipinski definition) is 5. The van der Waals surface area contributed by atoms with Gasteiger partial charge in [0.25, 0.3) is 5.56 Å². The van der Waals surface area contributed by atoms with E-state index in [1.807, 2.05) is 0 Å². The van der Waals surface area contributed by atoms with E-state index in [0.717, 1.165) is 0 Å². The molecule has 5 atom stereocenters. The Balaban J connectivity index is 1.88. The monoisotopic (exact) mass is 267 g/mol. The van der Waals surface area contributed by atoms with Gasteiger partial charge in [-0.25, -0.2) is 4.98 Å². The lowest BCUT2D eigenvalue weighted by Gasteiger charge is -2.15. The zero-order valence-corrected chi connectivity index (χ0v) is 10.6. The first kappa shape index (κ1) is 12.0. The number of rotatable bonds is 2. The summed E-state index contributed by atoms with van der Waals surface area (Å²) in [5.41, 5.74) is 1.03. The van der Waals surface area contributed by atoms with Crippen LogP contribution >= 0.6 is 8.58 Å². The molecule has 7 heteroatoms. The van der Waals surface area contributed by atoms with Crippen LogP contribution in [0, 0.1) is 0 Å². The third-order valence-corrected chi connectivity index (χ3v) is 5.57. The van der Waals surface area contributed by atoms with E-state index in [1.54, 1.807) is 6.21 Å². The van der Waals surface area contributed by atoms with Crippen LogP contribution in [-0.2, 0) is 0 Å². The highest BCUT2D eigenvalue weighted by atomic mass is 31.1. The van der Waals surface area contributed by atoms with Crippen molar-refractivity contribution in [2.24, 2.45) is 4.99 Å². The Labute approximate surface area is 105 Å². The van der Waals surface area contributed by atoms with Crippen LogP contribution in [0.2, 0.25) is 0 Å². The number of H-pyrrole nitrogens is 1. The molecule has 2 unspecified atom stereocenters. The van der Waals surface area contributed by atoms with Crippen molar-refractivity contribution in [2.45, 2.75) is 29.8 Å². The van der Waals surface area contributed by atoms with Crippen molar-refractivity contribution in [3.8, 4) is 0 Å². The molecule has 0 aliphatic carbocycles. The van der Waals surface area contributed by atoms with Crippen LogP contribution in [0.1, 0.15) is 18.0 Å². The molecule has 6 nitrogen and oxygen atoms in total. The summed E-state index contributed by atoms with van der Waals surface area (Å²) in [7, 11) is 0.470. The third-order valence-electron chi connectivity index (χ3n) is 3.56. The van der Waals surface area contributed by atoms with Gasteiger partial charge in [-0.3, -0.25) is 9.79 Å². The van der Waals surface area contributed by atoms with E-state index < -0.39 is 6.10 Å². The van der Waals surface area contributed by atoms with Crippen LogP contribution in [0.15, 0.2) is 16.1 Å². The van der Waals surface area contributed by atoms with Crippen LogP contribution in [0.3, 0.4) is 0 Å². The number of aliphatic hydroxyl groups is 2. The van der Waals surface area contributed by atoms with Crippen molar-refractivity contribution >= 4 is 20.5 Å². The fraction of sp³-hybridized carbons (Fsp3) is 0.545. The molecule has 0 radical (unpaired) electrons. The summed E-state index contributed by atoms with van der Waals surface area (Å²) in [6, 6.07) is 0. The standard InChI is InChI=1S/C11H14N3O3P/c15-3-8-6(16)1-7(18-8)5-2-12-10-9(5)13-4-14-11(10)17/h2,4-8,15-16,18H,1,3H2,(H,13,14,17)/t5?,6-,7+,8+/m0/s1. The molecule has 1 fully saturated rings. The number of aliphatic imine (C=N–C) groups is 1. The molecule has 3 rings (SSSR count). The van der Waals surface area contributed by atoms with Gasteiger partial charge in [-0.1, -0.05) is 0 Å². The molecule has 0 bridgehead atoms. The van der Waals surface area contributed by atoms with Crippen molar-refractivity contribution in [1.29, 1.82) is 0 Å². The van der Waals surface area contributed by atoms with Gasteiger partial charge in [0.15, 0.2) is 0 Å². The minimum absolute atomic E-state index is 0.00756. The van der Waals surface area contributed by atoms with Gasteiger partial charge in [0.1, 0.15) is 5.69 Å². The van der Waals surface area contributed by atoms with Gasteiger partial charge in [0, 0.05) is 17.8 Å². The molecule has 1 saturated heterocycles. The molecule has 0 spiro atoms. The second-order valence-electron chi connectivity index (χ2n) is 4.63. The molecule has 2 aliphatic heterocycles. The van der Waals surface area contributed by atoms with E-state index >= 15 is 0 Å². The Morgan fingerprint density at radius 2 is 2.39 bits per heavy atom. The SMILES string of the molecule is O=c1[nH]cnc2c1N=CC2[C@H]1C[C@H](O)[C@@H](CO)P1. The summed E-state index contributed by atoms with van der Waals surface area (Å²) in [5.74, 6) is -0.00756. The summed E-state index contributed by atoms with van der Waals surface area (Å²) in [5, 5.41) is 19.0. The summed E-state index contributed by atoms with van der Waals surface area (Å²) in [4.78, 5) is 22.4. The lowest BCUT2D eigenvalue weighted by atomic mass is 9.98. The van der Waals surface area contributed by atoms with Gasteiger partial charge in [-0.2, -0.15) is 0 Å². The van der Waals surface area contributed by atoms with E-state index in [-0.39, 0.29) is 29.4 Å². The van der Waals surface area contributed by atoms with Crippen molar-refractivity contribution in [3.05, 3.63) is 22.4 Å². The maximum Gasteiger partial charge on any atom is 0.276 e. The van der Waals surface area contributed by atoms with E-state index in [0.29, 0.717) is 26.4 Å². The van der Waals surface area contributed by atoms with Gasteiger partial charge >= 0.3 is 0 Å². The van der Waals surface area contributed by atoms with Gasteiger partial charge in [0.05, 0.1) is 24.7 Å². The van der Waals surface area contributed by atoms with Gasteiger partial charge < -0.3 is 15.2 Å². The lowest BCUT2D eigenvalue weighted by Crippen LogP contribution is -2.20. The van der Waals surface area contributed by atoms with Gasteiger partial charge in [-0.15, -0.1) is 8.58 Å². The minimum Gasteiger partial charge on any atom is -0.396 e. The first-order chi connectivity index (χ1) is 8.70. The first-order valence-electron chi connectivity index (χ1n) is 5.87. The molecule has 3 N–H and O–H groups in total. The Hall–Kier alpha value is -1.10. The Bertz CT molecular complexity index is 545. The lowest BCUT2D eigenvalue weighted by molar-refractivity contribution is 0.140. The number of aromatic amines is 1. The van der Waals surface area contributed by atoms with Crippen molar-refractivity contribution in [1.82, 2.24) is 9.97 Å². The highest BCUT2D eigenvalue weighted by molar-refractivity contribution is 7.40. The summed E-state index contributed by atoms with van der Waals surface area (Å²) in [6.45, 7) is 0.00956. The van der Waals surface area contributed by atoms with Gasteiger partial charge in [-0.05, 0) is 12.1 Å². The Kier molecular flexibility index (Phi) is 3.01. The third kappa shape index (κ3) is 1.81. The number of nitrogens with zero attached hydrogens (tertiary/aromatic N) is 2. The summed E-state index contributed by atoms with van der Waals surface area (Å²) >= 11 is 0. The van der Waals surface area contributed by atoms with Crippen LogP contribution in [0.25, 0.3) is 0 Å². The molecular weight excluding hydrogens is 253 g/mol. The predicted octanol–water partition coefficient (Wildman–Crippen LogP) is -0.258. The van der Waals surface area contributed by atoms with E-state index in [1.165, 1.54) is 6.33 Å². The summed E-state index contributed by atoms with van der Waals surface area (Å²) < 4.78 is 0. The second kappa shape index (κ2) is 4.53. The average molecular weight is 267 g/mol. The number of nitrogens with one attached hydrogen (secondary N) is 1. The molecule has 0 aromatic carbocycles. The minimum atomic E-state index is -0.460. The largest absolute Gasteiger partial charge is 0.396 e. The highest BCUT2D eigenvalue weighted by Crippen LogP contribution is 2.47. The molecule has 1 aromatic heterocycles. The number of aliphatic hydroxyl groups excluding tert-OH is 2. The van der Waals surface area contributed by atoms with E-state index in [4.69, 9.17) is 0 Å². The second-order valence-corrected chi connectivity index (χ2v) is 6.45. The van der Waals surface area contributed by atoms with Crippen molar-refractivity contribution < 1.29 is 10.2 Å². The highest BCUT2D eigenvalue weighted by Gasteiger charge is 2.39. The maximum atomic E-state index is 11.6. The zero-order valence-electron chi connectivity index (χ0n) is 9.58. The molecule has 0 amide bonds. The average Bonchev–Trinajstić information content (AvgIpc) is 2.93. The number of hydrogen-bond donors (Lipinski definition) is 3. The van der Waals surface area contributed by atoms with Crippen LogP contribution in [0.4, 0.5) is 5.69 Å². The topological polar surface area (TPSA) is 98.6 Å². The first-order valence-corrected chi connectivity index (χ1v) is 7.03. The van der Waals surface area contributed by atoms with Crippen molar-refractivity contribution in [2.75, 3.05) is 6.61 Å². The fourth-order valence-electron chi connectivity index (χ4n) is 2.60. The molecule has 18 heavy (non-hydrogen) atoms. The fourth-order valence-corrected chi connectivity index (χ4v) is 4.44. The maximum absolute atomic E-state index is 11.6. The van der Waals surface area contributed by atoms with E-state index in [2.05, 4.69) is 15.0 Å². The molecule has 3 heterocycles. The Morgan fingerprint density at radius 1 is 1.56 bits per heavy atom. The quantitative estimate of drug-likeness (QED) is 0.643. The smallest absolute Gasteiger partial charge is 0.276 e. The van der Waals surface area contributed by atoms with Crippen molar-refractivity contribution in [3.63, 3.8) is 0 Å². The predicted molar refractivity (Wildman–Crippen MR) is 69.4 cm³/mol. The molecule has 1 aromatic rings. The number of aromatic nitrogens is 2. The van der Waals surface area contributed by atoms with Crippen LogP contribution in [0.5, 0.6) is 0 Å². The summed E-state index contributed by atoms with van der Waals surface area (Å²) in [6.07, 6.45) is 3.31. The molecule has 2 aliphatic rings. The molecule has 96 valence electrons. The van der Waals surface area contributed by atoms with Crippen LogP contribution < -0.4 is 5.56 Å². The zero-order chi connectivity index (χ0) is 12.7. The number of fused-ring (bicyclic) bond motifs is 1. The van der Waals surface area contributed by atoms with Gasteiger partial charge in [0.2, 0.25) is 0 Å².